The standard InChI is InChI=1S/C10H12O2.C8H8O.C8H9.C2H6O/c1-9(11)12-8-7-10-5-3-2-4-6-10;1-7(9)8-5-3-2-4-6-8;1-2-8-6-4-3-5-7-8;1-2-3/h2-6H,7-8H2,1H3;2-6H,1H3;3-7H,1-2H2;3H,2H2,1H3. The van der Waals surface area contributed by atoms with Crippen LogP contribution in [-0.4, -0.2) is 30.1 Å². The number of carbonyl (C=O) groups excluding carboxylic acids is 2. The number of hydrogen-bond donors (Lipinski definition) is 1. The van der Waals surface area contributed by atoms with Crippen LogP contribution in [0.3, 0.4) is 0 Å². The van der Waals surface area contributed by atoms with Gasteiger partial charge in [0, 0.05) is 25.5 Å². The third-order valence-corrected chi connectivity index (χ3v) is 3.85. The summed E-state index contributed by atoms with van der Waals surface area (Å²) in [5, 5.41) is 7.57. The van der Waals surface area contributed by atoms with Crippen molar-refractivity contribution in [1.29, 1.82) is 0 Å². The van der Waals surface area contributed by atoms with Crippen LogP contribution in [0.4, 0.5) is 0 Å². The van der Waals surface area contributed by atoms with E-state index in [4.69, 9.17) is 9.84 Å². The maximum Gasteiger partial charge on any atom is 0.302 e. The second-order valence-electron chi connectivity index (χ2n) is 6.55. The maximum atomic E-state index is 10.6. The summed E-state index contributed by atoms with van der Waals surface area (Å²) in [6.45, 7) is 9.14. The molecule has 0 aromatic heterocycles. The van der Waals surface area contributed by atoms with Crippen molar-refractivity contribution in [2.45, 2.75) is 33.6 Å². The first-order chi connectivity index (χ1) is 15.4. The first-order valence-electron chi connectivity index (χ1n) is 10.6. The minimum absolute atomic E-state index is 0.121. The lowest BCUT2D eigenvalue weighted by atomic mass is 10.2. The number of ketones is 1. The van der Waals surface area contributed by atoms with Crippen LogP contribution in [-0.2, 0) is 22.4 Å². The van der Waals surface area contributed by atoms with Gasteiger partial charge in [0.25, 0.3) is 0 Å². The van der Waals surface area contributed by atoms with E-state index >= 15 is 0 Å². The van der Waals surface area contributed by atoms with Crippen molar-refractivity contribution in [2.75, 3.05) is 13.2 Å². The van der Waals surface area contributed by atoms with Gasteiger partial charge in [0.1, 0.15) is 0 Å². The van der Waals surface area contributed by atoms with Gasteiger partial charge in [0.2, 0.25) is 0 Å². The van der Waals surface area contributed by atoms with E-state index in [9.17, 15) is 9.59 Å². The van der Waals surface area contributed by atoms with Crippen molar-refractivity contribution in [3.8, 4) is 0 Å². The Bertz CT molecular complexity index is 831. The minimum Gasteiger partial charge on any atom is -0.466 e. The summed E-state index contributed by atoms with van der Waals surface area (Å²) >= 11 is 0. The third-order valence-electron chi connectivity index (χ3n) is 3.85. The van der Waals surface area contributed by atoms with Crippen LogP contribution >= 0.6 is 0 Å². The van der Waals surface area contributed by atoms with E-state index in [0.29, 0.717) is 6.61 Å². The first-order valence-corrected chi connectivity index (χ1v) is 10.6. The molecule has 3 aromatic carbocycles. The fraction of sp³-hybridized carbons (Fsp3) is 0.250. The zero-order valence-electron chi connectivity index (χ0n) is 19.4. The van der Waals surface area contributed by atoms with Gasteiger partial charge in [-0.1, -0.05) is 91.0 Å². The first kappa shape index (κ1) is 28.8. The molecule has 171 valence electrons. The number of rotatable bonds is 5. The van der Waals surface area contributed by atoms with Crippen molar-refractivity contribution in [2.24, 2.45) is 0 Å². The molecule has 3 rings (SSSR count). The van der Waals surface area contributed by atoms with Crippen LogP contribution in [0.15, 0.2) is 91.0 Å². The second-order valence-corrected chi connectivity index (χ2v) is 6.55. The van der Waals surface area contributed by atoms with E-state index in [-0.39, 0.29) is 18.4 Å². The van der Waals surface area contributed by atoms with Gasteiger partial charge in [0.15, 0.2) is 5.78 Å². The zero-order valence-corrected chi connectivity index (χ0v) is 19.4. The van der Waals surface area contributed by atoms with Gasteiger partial charge in [-0.2, -0.15) is 0 Å². The monoisotopic (exact) mass is 435 g/mol. The zero-order chi connectivity index (χ0) is 24.0. The van der Waals surface area contributed by atoms with Gasteiger partial charge in [-0.25, -0.2) is 0 Å². The Balaban J connectivity index is 0.000000432. The predicted octanol–water partition coefficient (Wildman–Crippen LogP) is 5.74. The highest BCUT2D eigenvalue weighted by molar-refractivity contribution is 5.93. The van der Waals surface area contributed by atoms with Gasteiger partial charge < -0.3 is 9.84 Å². The molecule has 3 aromatic rings. The van der Waals surface area contributed by atoms with Crippen LogP contribution in [0.5, 0.6) is 0 Å². The van der Waals surface area contributed by atoms with Crippen molar-refractivity contribution < 1.29 is 19.4 Å². The topological polar surface area (TPSA) is 63.6 Å². The smallest absolute Gasteiger partial charge is 0.302 e. The quantitative estimate of drug-likeness (QED) is 0.410. The average Bonchev–Trinajstić information content (AvgIpc) is 2.82. The molecule has 0 amide bonds. The summed E-state index contributed by atoms with van der Waals surface area (Å²) in [7, 11) is 0. The number of aliphatic hydroxyl groups is 1. The average molecular weight is 436 g/mol. The fourth-order valence-corrected chi connectivity index (χ4v) is 2.27. The lowest BCUT2D eigenvalue weighted by Crippen LogP contribution is -2.02. The maximum absolute atomic E-state index is 10.6. The molecule has 1 N–H and O–H groups in total. The molecule has 0 aliphatic heterocycles. The van der Waals surface area contributed by atoms with Gasteiger partial charge in [0.05, 0.1) is 6.61 Å². The lowest BCUT2D eigenvalue weighted by molar-refractivity contribution is -0.140. The molecule has 0 aliphatic carbocycles. The van der Waals surface area contributed by atoms with E-state index in [1.165, 1.54) is 18.1 Å². The summed E-state index contributed by atoms with van der Waals surface area (Å²) in [4.78, 5) is 21.1. The van der Waals surface area contributed by atoms with Crippen LogP contribution in [0.1, 0.15) is 42.3 Å². The predicted molar refractivity (Wildman–Crippen MR) is 131 cm³/mol. The molecular weight excluding hydrogens is 400 g/mol. The van der Waals surface area contributed by atoms with Crippen LogP contribution < -0.4 is 0 Å². The highest BCUT2D eigenvalue weighted by Crippen LogP contribution is 1.99. The number of benzene rings is 3. The Morgan fingerprint density at radius 1 is 0.781 bits per heavy atom. The summed E-state index contributed by atoms with van der Waals surface area (Å²) in [5.74, 6) is -0.0958. The number of Topliss-reactive ketones (excluding diaryl/α,β-unsaturated/α-hetero) is 1. The SMILES string of the molecule is CC(=O)OCCc1ccccc1.CC(=O)c1ccccc1.CCO.[CH2]Cc1ccccc1. The fourth-order valence-electron chi connectivity index (χ4n) is 2.27. The van der Waals surface area contributed by atoms with Crippen molar-refractivity contribution in [1.82, 2.24) is 0 Å². The molecule has 0 aliphatic rings. The molecule has 1 radical (unpaired) electrons. The molecule has 4 nitrogen and oxygen atoms in total. The van der Waals surface area contributed by atoms with E-state index in [2.05, 4.69) is 19.1 Å². The molecule has 0 unspecified atom stereocenters. The van der Waals surface area contributed by atoms with Crippen molar-refractivity contribution in [3.05, 3.63) is 115 Å². The highest BCUT2D eigenvalue weighted by atomic mass is 16.5. The molecule has 0 saturated heterocycles. The summed E-state index contributed by atoms with van der Waals surface area (Å²) < 4.78 is 4.81. The summed E-state index contributed by atoms with van der Waals surface area (Å²) in [6, 6.07) is 29.4. The molecule has 32 heavy (non-hydrogen) atoms. The van der Waals surface area contributed by atoms with Gasteiger partial charge in [-0.05, 0) is 38.3 Å². The van der Waals surface area contributed by atoms with Crippen molar-refractivity contribution in [3.63, 3.8) is 0 Å². The molecule has 0 atom stereocenters. The number of carbonyl (C=O) groups is 2. The summed E-state index contributed by atoms with van der Waals surface area (Å²) in [5.41, 5.74) is 3.27. The Kier molecular flexibility index (Phi) is 17.7. The van der Waals surface area contributed by atoms with Gasteiger partial charge >= 0.3 is 5.97 Å². The van der Waals surface area contributed by atoms with E-state index in [1.54, 1.807) is 13.8 Å². The lowest BCUT2D eigenvalue weighted by Gasteiger charge is -2.00. The molecule has 0 heterocycles. The molecule has 0 bridgehead atoms. The van der Waals surface area contributed by atoms with Crippen molar-refractivity contribution >= 4 is 11.8 Å². The third kappa shape index (κ3) is 16.5. The Morgan fingerprint density at radius 2 is 1.19 bits per heavy atom. The van der Waals surface area contributed by atoms with E-state index in [0.717, 1.165) is 18.4 Å². The second kappa shape index (κ2) is 19.7. The molecular formula is C28H35O4. The largest absolute Gasteiger partial charge is 0.466 e. The number of aliphatic hydroxyl groups excluding tert-OH is 1. The van der Waals surface area contributed by atoms with E-state index < -0.39 is 0 Å². The summed E-state index contributed by atoms with van der Waals surface area (Å²) in [6.07, 6.45) is 1.68. The Labute approximate surface area is 192 Å². The number of esters is 1. The van der Waals surface area contributed by atoms with Gasteiger partial charge in [-0.15, -0.1) is 0 Å². The number of hydrogen-bond acceptors (Lipinski definition) is 4. The van der Waals surface area contributed by atoms with E-state index in [1.807, 2.05) is 78.9 Å². The number of ether oxygens (including phenoxy) is 1. The Morgan fingerprint density at radius 3 is 1.50 bits per heavy atom. The molecule has 0 fully saturated rings. The Hall–Kier alpha value is -3.24. The molecule has 4 heteroatoms. The van der Waals surface area contributed by atoms with Crippen LogP contribution in [0.2, 0.25) is 0 Å². The molecule has 0 spiro atoms. The van der Waals surface area contributed by atoms with Gasteiger partial charge in [-0.3, -0.25) is 9.59 Å². The van der Waals surface area contributed by atoms with Crippen LogP contribution in [0.25, 0.3) is 0 Å². The minimum atomic E-state index is -0.217. The highest BCUT2D eigenvalue weighted by Gasteiger charge is 1.94. The normalized spacial score (nSPS) is 8.91. The molecule has 0 saturated carbocycles. The van der Waals surface area contributed by atoms with Crippen LogP contribution in [0, 0.1) is 6.92 Å².